The summed E-state index contributed by atoms with van der Waals surface area (Å²) in [5.41, 5.74) is 1.61. The van der Waals surface area contributed by atoms with Crippen molar-refractivity contribution in [1.82, 2.24) is 14.7 Å². The van der Waals surface area contributed by atoms with Gasteiger partial charge in [-0.25, -0.2) is 0 Å². The highest BCUT2D eigenvalue weighted by molar-refractivity contribution is 14.1. The quantitative estimate of drug-likeness (QED) is 0.611. The lowest BCUT2D eigenvalue weighted by Gasteiger charge is -2.15. The predicted molar refractivity (Wildman–Crippen MR) is 73.0 cm³/mol. The highest BCUT2D eigenvalue weighted by Crippen LogP contribution is 2.18. The van der Waals surface area contributed by atoms with Crippen LogP contribution in [0.4, 0.5) is 0 Å². The molecule has 0 aromatic carbocycles. The Hall–Kier alpha value is -0.300. The fourth-order valence-corrected chi connectivity index (χ4v) is 2.74. The topological polar surface area (TPSA) is 38.1 Å². The van der Waals surface area contributed by atoms with Crippen molar-refractivity contribution in [2.45, 2.75) is 13.3 Å². The van der Waals surface area contributed by atoms with Crippen molar-refractivity contribution < 1.29 is 4.79 Å². The van der Waals surface area contributed by atoms with Gasteiger partial charge in [0.25, 0.3) is 5.91 Å². The van der Waals surface area contributed by atoms with Gasteiger partial charge in [-0.3, -0.25) is 9.48 Å². The van der Waals surface area contributed by atoms with Gasteiger partial charge >= 0.3 is 0 Å². The fraction of sp³-hybridized carbons (Fsp3) is 0.600. The first kappa shape index (κ1) is 13.8. The van der Waals surface area contributed by atoms with Gasteiger partial charge in [-0.05, 0) is 29.0 Å². The predicted octanol–water partition coefficient (Wildman–Crippen LogP) is 1.90. The number of rotatable bonds is 4. The van der Waals surface area contributed by atoms with Gasteiger partial charge in [-0.2, -0.15) is 5.10 Å². The van der Waals surface area contributed by atoms with Gasteiger partial charge in [0.2, 0.25) is 0 Å². The van der Waals surface area contributed by atoms with E-state index in [1.807, 2.05) is 6.92 Å². The summed E-state index contributed by atoms with van der Waals surface area (Å²) in [5, 5.41) is 4.32. The Bertz CT molecular complexity index is 392. The minimum atomic E-state index is -0.0280. The maximum atomic E-state index is 12.1. The number of hydrogen-bond donors (Lipinski definition) is 0. The van der Waals surface area contributed by atoms with Gasteiger partial charge in [-0.1, -0.05) is 6.92 Å². The number of carbonyl (C=O) groups excluding carboxylic acids is 1. The van der Waals surface area contributed by atoms with Crippen molar-refractivity contribution in [1.29, 1.82) is 0 Å². The molecule has 0 spiro atoms. The molecule has 0 radical (unpaired) electrons. The average molecular weight is 356 g/mol. The molecule has 0 unspecified atom stereocenters. The lowest BCUT2D eigenvalue weighted by Crippen LogP contribution is -2.30. The first-order valence-corrected chi connectivity index (χ1v) is 6.67. The van der Waals surface area contributed by atoms with E-state index >= 15 is 0 Å². The van der Waals surface area contributed by atoms with E-state index in [0.29, 0.717) is 18.1 Å². The van der Waals surface area contributed by atoms with Gasteiger partial charge in [-0.15, -0.1) is 11.6 Å². The molecule has 1 aromatic heterocycles. The summed E-state index contributed by atoms with van der Waals surface area (Å²) in [6.07, 6.45) is 0.832. The summed E-state index contributed by atoms with van der Waals surface area (Å²) in [6, 6.07) is 0. The SMILES string of the molecule is CCc1nn(C)c(C(=O)N(C)CCCl)c1I. The summed E-state index contributed by atoms with van der Waals surface area (Å²) in [5.74, 6) is 0.414. The van der Waals surface area contributed by atoms with Crippen LogP contribution in [-0.2, 0) is 13.5 Å². The van der Waals surface area contributed by atoms with Crippen LogP contribution in [0.25, 0.3) is 0 Å². The van der Waals surface area contributed by atoms with Gasteiger partial charge in [0.05, 0.1) is 9.26 Å². The molecule has 1 aromatic rings. The molecular weight excluding hydrogens is 340 g/mol. The Labute approximate surface area is 114 Å². The second-order valence-electron chi connectivity index (χ2n) is 3.50. The van der Waals surface area contributed by atoms with Gasteiger partial charge in [0.1, 0.15) is 5.69 Å². The Kier molecular flexibility index (Phi) is 5.04. The van der Waals surface area contributed by atoms with Crippen molar-refractivity contribution in [2.75, 3.05) is 19.5 Å². The van der Waals surface area contributed by atoms with Crippen molar-refractivity contribution in [2.24, 2.45) is 7.05 Å². The molecule has 1 amide bonds. The van der Waals surface area contributed by atoms with E-state index < -0.39 is 0 Å². The number of carbonyl (C=O) groups is 1. The van der Waals surface area contributed by atoms with Crippen LogP contribution in [0, 0.1) is 3.57 Å². The zero-order chi connectivity index (χ0) is 12.3. The van der Waals surface area contributed by atoms with Crippen molar-refractivity contribution in [3.05, 3.63) is 15.0 Å². The van der Waals surface area contributed by atoms with Crippen LogP contribution in [0.15, 0.2) is 0 Å². The van der Waals surface area contributed by atoms with Gasteiger partial charge in [0.15, 0.2) is 0 Å². The van der Waals surface area contributed by atoms with E-state index in [-0.39, 0.29) is 5.91 Å². The third-order valence-electron chi connectivity index (χ3n) is 2.36. The standard InChI is InChI=1S/C10H15ClIN3O/c1-4-7-8(12)9(15(3)13-7)10(16)14(2)6-5-11/h4-6H2,1-3H3. The van der Waals surface area contributed by atoms with E-state index in [2.05, 4.69) is 27.7 Å². The first-order valence-electron chi connectivity index (χ1n) is 5.05. The molecule has 16 heavy (non-hydrogen) atoms. The van der Waals surface area contributed by atoms with E-state index in [4.69, 9.17) is 11.6 Å². The molecule has 6 heteroatoms. The minimum Gasteiger partial charge on any atom is -0.339 e. The Morgan fingerprint density at radius 3 is 2.69 bits per heavy atom. The van der Waals surface area contributed by atoms with E-state index in [0.717, 1.165) is 15.7 Å². The van der Waals surface area contributed by atoms with E-state index in [9.17, 15) is 4.79 Å². The summed E-state index contributed by atoms with van der Waals surface area (Å²) >= 11 is 7.80. The lowest BCUT2D eigenvalue weighted by molar-refractivity contribution is 0.0791. The largest absolute Gasteiger partial charge is 0.339 e. The van der Waals surface area contributed by atoms with Gasteiger partial charge in [0, 0.05) is 26.5 Å². The Morgan fingerprint density at radius 2 is 2.25 bits per heavy atom. The smallest absolute Gasteiger partial charge is 0.273 e. The number of aromatic nitrogens is 2. The average Bonchev–Trinajstić information content (AvgIpc) is 2.53. The van der Waals surface area contributed by atoms with Crippen LogP contribution in [0.2, 0.25) is 0 Å². The van der Waals surface area contributed by atoms with Crippen molar-refractivity contribution in [3.8, 4) is 0 Å². The Balaban J connectivity index is 3.03. The highest BCUT2D eigenvalue weighted by atomic mass is 127. The van der Waals surface area contributed by atoms with Crippen LogP contribution in [0.5, 0.6) is 0 Å². The molecule has 0 N–H and O–H groups in total. The third-order valence-corrected chi connectivity index (χ3v) is 3.66. The van der Waals surface area contributed by atoms with Crippen LogP contribution < -0.4 is 0 Å². The summed E-state index contributed by atoms with van der Waals surface area (Å²) in [7, 11) is 3.54. The summed E-state index contributed by atoms with van der Waals surface area (Å²) in [4.78, 5) is 13.7. The number of halogens is 2. The second-order valence-corrected chi connectivity index (χ2v) is 4.96. The monoisotopic (exact) mass is 355 g/mol. The highest BCUT2D eigenvalue weighted by Gasteiger charge is 2.21. The van der Waals surface area contributed by atoms with Crippen LogP contribution in [0.1, 0.15) is 23.1 Å². The van der Waals surface area contributed by atoms with E-state index in [1.54, 1.807) is 23.7 Å². The maximum Gasteiger partial charge on any atom is 0.273 e. The molecule has 0 saturated carbocycles. The molecular formula is C10H15ClIN3O. The normalized spacial score (nSPS) is 10.6. The third kappa shape index (κ3) is 2.68. The zero-order valence-corrected chi connectivity index (χ0v) is 12.5. The van der Waals surface area contributed by atoms with Crippen molar-refractivity contribution >= 4 is 40.1 Å². The van der Waals surface area contributed by atoms with Crippen molar-refractivity contribution in [3.63, 3.8) is 0 Å². The molecule has 90 valence electrons. The lowest BCUT2D eigenvalue weighted by atomic mass is 10.3. The molecule has 4 nitrogen and oxygen atoms in total. The number of amides is 1. The van der Waals surface area contributed by atoms with Crippen LogP contribution >= 0.6 is 34.2 Å². The molecule has 0 fully saturated rings. The summed E-state index contributed by atoms with van der Waals surface area (Å²) in [6.45, 7) is 2.57. The van der Waals surface area contributed by atoms with Crippen LogP contribution in [-0.4, -0.2) is 40.1 Å². The number of aryl methyl sites for hydroxylation is 2. The van der Waals surface area contributed by atoms with Gasteiger partial charge < -0.3 is 4.90 Å². The molecule has 0 atom stereocenters. The molecule has 0 aliphatic carbocycles. The molecule has 0 aliphatic rings. The van der Waals surface area contributed by atoms with Crippen LogP contribution in [0.3, 0.4) is 0 Å². The number of hydrogen-bond acceptors (Lipinski definition) is 2. The fourth-order valence-electron chi connectivity index (χ4n) is 1.42. The molecule has 1 heterocycles. The second kappa shape index (κ2) is 5.86. The Morgan fingerprint density at radius 1 is 1.62 bits per heavy atom. The summed E-state index contributed by atoms with van der Waals surface area (Å²) < 4.78 is 2.59. The number of alkyl halides is 1. The molecule has 0 bridgehead atoms. The van der Waals surface area contributed by atoms with E-state index in [1.165, 1.54) is 0 Å². The zero-order valence-electron chi connectivity index (χ0n) is 9.63. The first-order chi connectivity index (χ1) is 7.52. The molecule has 0 aliphatic heterocycles. The molecule has 1 rings (SSSR count). The maximum absolute atomic E-state index is 12.1. The molecule has 0 saturated heterocycles. The minimum absolute atomic E-state index is 0.0280. The number of nitrogens with zero attached hydrogens (tertiary/aromatic N) is 3.